The van der Waals surface area contributed by atoms with E-state index in [4.69, 9.17) is 33.6 Å². The first-order valence-corrected chi connectivity index (χ1v) is 13.6. The summed E-state index contributed by atoms with van der Waals surface area (Å²) in [7, 11) is 0.966. The van der Waals surface area contributed by atoms with Gasteiger partial charge in [-0.2, -0.15) is 10.1 Å². The first-order valence-electron chi connectivity index (χ1n) is 12.0. The monoisotopic (exact) mass is 526 g/mol. The molecule has 11 heteroatoms. The van der Waals surface area contributed by atoms with Gasteiger partial charge >= 0.3 is 7.52 Å². The number of hydrogen-bond acceptors (Lipinski definition) is 8. The lowest BCUT2D eigenvalue weighted by molar-refractivity contribution is -0.0464. The Morgan fingerprint density at radius 2 is 1.59 bits per heavy atom. The van der Waals surface area contributed by atoms with E-state index in [0.717, 1.165) is 5.69 Å². The van der Waals surface area contributed by atoms with Gasteiger partial charge in [-0.15, -0.1) is 0 Å². The Bertz CT molecular complexity index is 1350. The average Bonchev–Trinajstić information content (AvgIpc) is 3.24. The molecule has 0 aliphatic carbocycles. The summed E-state index contributed by atoms with van der Waals surface area (Å²) in [6, 6.07) is 13.1. The molecular weight excluding hydrogens is 495 g/mol. The van der Waals surface area contributed by atoms with Crippen LogP contribution in [0.2, 0.25) is 0 Å². The van der Waals surface area contributed by atoms with Crippen LogP contribution in [0.1, 0.15) is 25.1 Å². The third-order valence-corrected chi connectivity index (χ3v) is 8.97. The molecule has 0 amide bonds. The highest BCUT2D eigenvalue weighted by Gasteiger charge is 2.48. The number of hydrogen-bond donors (Lipinski definition) is 0. The van der Waals surface area contributed by atoms with Crippen LogP contribution in [-0.2, 0) is 13.8 Å². The van der Waals surface area contributed by atoms with Crippen molar-refractivity contribution in [3.05, 3.63) is 53.7 Å². The molecule has 1 fully saturated rings. The highest BCUT2D eigenvalue weighted by Crippen LogP contribution is 2.57. The van der Waals surface area contributed by atoms with Crippen LogP contribution in [0, 0.1) is 6.92 Å². The lowest BCUT2D eigenvalue weighted by atomic mass is 10.1. The SMILES string of the molecule is COc1cc(C2=Nc3c(c(C)nn3-c3ccccc3)P(=O)(N3CC(C)OC(C)C3)O2)cc(OC)c1OC. The maximum Gasteiger partial charge on any atom is 0.356 e. The fourth-order valence-corrected chi connectivity index (χ4v) is 7.46. The van der Waals surface area contributed by atoms with Gasteiger partial charge in [0.15, 0.2) is 17.3 Å². The van der Waals surface area contributed by atoms with Crippen molar-refractivity contribution in [1.29, 1.82) is 0 Å². The molecule has 10 nitrogen and oxygen atoms in total. The number of ether oxygens (including phenoxy) is 4. The minimum atomic E-state index is -3.65. The van der Waals surface area contributed by atoms with Crippen molar-refractivity contribution < 1.29 is 28.0 Å². The fraction of sp³-hybridized carbons (Fsp3) is 0.385. The van der Waals surface area contributed by atoms with Crippen LogP contribution in [0.4, 0.5) is 5.82 Å². The smallest absolute Gasteiger partial charge is 0.356 e. The Balaban J connectivity index is 1.74. The zero-order valence-corrected chi connectivity index (χ0v) is 22.7. The van der Waals surface area contributed by atoms with Gasteiger partial charge in [0.25, 0.3) is 0 Å². The molecule has 1 saturated heterocycles. The predicted octanol–water partition coefficient (Wildman–Crippen LogP) is 4.24. The zero-order chi connectivity index (χ0) is 26.3. The number of nitrogens with zero attached hydrogens (tertiary/aromatic N) is 4. The first kappa shape index (κ1) is 25.3. The Morgan fingerprint density at radius 1 is 0.973 bits per heavy atom. The van der Waals surface area contributed by atoms with Crippen LogP contribution < -0.4 is 19.5 Å². The number of aromatic nitrogens is 2. The second kappa shape index (κ2) is 9.85. The molecule has 0 saturated carbocycles. The number of rotatable bonds is 6. The van der Waals surface area contributed by atoms with Crippen LogP contribution in [0.5, 0.6) is 17.2 Å². The van der Waals surface area contributed by atoms with E-state index in [9.17, 15) is 0 Å². The topological polar surface area (TPSA) is 96.6 Å². The van der Waals surface area contributed by atoms with Gasteiger partial charge < -0.3 is 23.5 Å². The number of aliphatic imine (C=N–C) groups is 1. The molecule has 37 heavy (non-hydrogen) atoms. The summed E-state index contributed by atoms with van der Waals surface area (Å²) in [5.74, 6) is 1.96. The van der Waals surface area contributed by atoms with Crippen molar-refractivity contribution >= 4 is 24.5 Å². The van der Waals surface area contributed by atoms with Crippen molar-refractivity contribution in [2.45, 2.75) is 33.0 Å². The number of morpholine rings is 1. The Morgan fingerprint density at radius 3 is 2.16 bits per heavy atom. The molecule has 2 aliphatic heterocycles. The normalized spacial score (nSPS) is 23.6. The summed E-state index contributed by atoms with van der Waals surface area (Å²) in [6.45, 7) is 6.66. The maximum absolute atomic E-state index is 15.0. The summed E-state index contributed by atoms with van der Waals surface area (Å²) < 4.78 is 47.5. The van der Waals surface area contributed by atoms with Gasteiger partial charge in [-0.3, -0.25) is 4.57 Å². The third-order valence-electron chi connectivity index (χ3n) is 6.39. The Hall–Kier alpha value is -3.33. The number of benzene rings is 2. The number of para-hydroxylation sites is 1. The second-order valence-electron chi connectivity index (χ2n) is 9.08. The largest absolute Gasteiger partial charge is 0.493 e. The molecular formula is C26H31N4O6P. The first-order chi connectivity index (χ1) is 17.8. The molecule has 0 radical (unpaired) electrons. The van der Waals surface area contributed by atoms with Crippen molar-refractivity contribution in [3.63, 3.8) is 0 Å². The van der Waals surface area contributed by atoms with Crippen LogP contribution >= 0.6 is 7.52 Å². The lowest BCUT2D eigenvalue weighted by Gasteiger charge is -2.40. The maximum atomic E-state index is 15.0. The summed E-state index contributed by atoms with van der Waals surface area (Å²) >= 11 is 0. The second-order valence-corrected chi connectivity index (χ2v) is 11.3. The molecule has 3 unspecified atom stereocenters. The highest BCUT2D eigenvalue weighted by molar-refractivity contribution is 7.65. The molecule has 2 aromatic carbocycles. The van der Waals surface area contributed by atoms with E-state index < -0.39 is 7.52 Å². The van der Waals surface area contributed by atoms with E-state index in [1.165, 1.54) is 21.3 Å². The summed E-state index contributed by atoms with van der Waals surface area (Å²) in [5, 5.41) is 5.24. The Labute approximate surface area is 216 Å². The van der Waals surface area contributed by atoms with Gasteiger partial charge in [-0.25, -0.2) is 9.35 Å². The van der Waals surface area contributed by atoms with E-state index in [0.29, 0.717) is 52.7 Å². The summed E-state index contributed by atoms with van der Waals surface area (Å²) in [4.78, 5) is 4.86. The van der Waals surface area contributed by atoms with Crippen molar-refractivity contribution in [2.75, 3.05) is 34.4 Å². The highest BCUT2D eigenvalue weighted by atomic mass is 31.2. The van der Waals surface area contributed by atoms with E-state index in [1.54, 1.807) is 16.8 Å². The predicted molar refractivity (Wildman–Crippen MR) is 141 cm³/mol. The van der Waals surface area contributed by atoms with Crippen molar-refractivity contribution in [3.8, 4) is 22.9 Å². The van der Waals surface area contributed by atoms with Crippen molar-refractivity contribution in [1.82, 2.24) is 14.5 Å². The number of aryl methyl sites for hydroxylation is 1. The van der Waals surface area contributed by atoms with Crippen LogP contribution in [0.3, 0.4) is 0 Å². The molecule has 3 heterocycles. The van der Waals surface area contributed by atoms with Crippen LogP contribution in [0.15, 0.2) is 47.5 Å². The molecule has 0 N–H and O–H groups in total. The molecule has 1 aromatic heterocycles. The summed E-state index contributed by atoms with van der Waals surface area (Å²) in [6.07, 6.45) is -0.232. The van der Waals surface area contributed by atoms with Gasteiger partial charge in [-0.05, 0) is 45.0 Å². The molecule has 196 valence electrons. The average molecular weight is 527 g/mol. The molecule has 0 bridgehead atoms. The van der Waals surface area contributed by atoms with Crippen molar-refractivity contribution in [2.24, 2.45) is 4.99 Å². The van der Waals surface area contributed by atoms with E-state index in [1.807, 2.05) is 55.8 Å². The van der Waals surface area contributed by atoms with Gasteiger partial charge in [0.05, 0.1) is 44.9 Å². The third kappa shape index (κ3) is 4.39. The van der Waals surface area contributed by atoms with Crippen LogP contribution in [-0.4, -0.2) is 67.0 Å². The molecule has 2 aliphatic rings. The van der Waals surface area contributed by atoms with E-state index in [2.05, 4.69) is 0 Å². The van der Waals surface area contributed by atoms with Gasteiger partial charge in [0.1, 0.15) is 5.30 Å². The van der Waals surface area contributed by atoms with E-state index in [-0.39, 0.29) is 18.1 Å². The molecule has 3 atom stereocenters. The Kier molecular flexibility index (Phi) is 6.74. The lowest BCUT2D eigenvalue weighted by Crippen LogP contribution is -2.46. The minimum Gasteiger partial charge on any atom is -0.493 e. The van der Waals surface area contributed by atoms with Gasteiger partial charge in [0, 0.05) is 18.7 Å². The molecule has 0 spiro atoms. The fourth-order valence-electron chi connectivity index (χ4n) is 4.85. The standard InChI is InChI=1S/C26H31N4O6P/c1-16-14-29(15-17(2)35-16)37(31)24-18(3)28-30(20-10-8-7-9-11-20)25(24)27-26(36-37)19-12-21(32-4)23(34-6)22(13-19)33-5/h7-13,16-17H,14-15H2,1-6H3. The molecule has 3 aromatic rings. The zero-order valence-electron chi connectivity index (χ0n) is 21.8. The van der Waals surface area contributed by atoms with E-state index >= 15 is 4.57 Å². The minimum absolute atomic E-state index is 0.116. The quantitative estimate of drug-likeness (QED) is 0.440. The molecule has 5 rings (SSSR count). The summed E-state index contributed by atoms with van der Waals surface area (Å²) in [5.41, 5.74) is 1.94. The number of fused-ring (bicyclic) bond motifs is 1. The number of methoxy groups -OCH3 is 3. The van der Waals surface area contributed by atoms with Gasteiger partial charge in [0.2, 0.25) is 11.6 Å². The van der Waals surface area contributed by atoms with Gasteiger partial charge in [-0.1, -0.05) is 18.2 Å². The van der Waals surface area contributed by atoms with Crippen LogP contribution in [0.25, 0.3) is 5.69 Å².